The smallest absolute Gasteiger partial charge is 0.00392 e. The molecule has 0 atom stereocenters. The molecule has 1 fully saturated rings. The van der Waals surface area contributed by atoms with Crippen molar-refractivity contribution in [3.63, 3.8) is 0 Å². The molecule has 1 nitrogen and oxygen atoms in total. The van der Waals surface area contributed by atoms with Gasteiger partial charge in [0.05, 0.1) is 0 Å². The third-order valence-corrected chi connectivity index (χ3v) is 3.85. The summed E-state index contributed by atoms with van der Waals surface area (Å²) in [5.41, 5.74) is 8.89. The van der Waals surface area contributed by atoms with E-state index in [4.69, 9.17) is 5.73 Å². The molecule has 1 saturated carbocycles. The highest BCUT2D eigenvalue weighted by molar-refractivity contribution is 5.27. The molecule has 16 heavy (non-hydrogen) atoms. The zero-order valence-corrected chi connectivity index (χ0v) is 10.4. The normalized spacial score (nSPS) is 26.0. The molecule has 1 aromatic carbocycles. The summed E-state index contributed by atoms with van der Waals surface area (Å²) in [5, 5.41) is 0. The Bertz CT molecular complexity index is 318. The van der Waals surface area contributed by atoms with E-state index >= 15 is 0 Å². The lowest BCUT2D eigenvalue weighted by Crippen LogP contribution is -2.25. The van der Waals surface area contributed by atoms with E-state index in [0.717, 1.165) is 5.92 Å². The Morgan fingerprint density at radius 1 is 1.00 bits per heavy atom. The van der Waals surface area contributed by atoms with Crippen LogP contribution in [0.1, 0.15) is 62.5 Å². The third-order valence-electron chi connectivity index (χ3n) is 3.85. The van der Waals surface area contributed by atoms with Gasteiger partial charge in [-0.05, 0) is 48.6 Å². The van der Waals surface area contributed by atoms with Crippen molar-refractivity contribution in [1.82, 2.24) is 0 Å². The Kier molecular flexibility index (Phi) is 3.65. The van der Waals surface area contributed by atoms with Crippen molar-refractivity contribution in [2.24, 2.45) is 5.73 Å². The first-order valence-corrected chi connectivity index (χ1v) is 6.52. The average molecular weight is 217 g/mol. The fraction of sp³-hybridized carbons (Fsp3) is 0.600. The minimum absolute atomic E-state index is 0.450. The largest absolute Gasteiger partial charge is 0.328 e. The van der Waals surface area contributed by atoms with Gasteiger partial charge in [-0.3, -0.25) is 0 Å². The Balaban J connectivity index is 2.04. The Hall–Kier alpha value is -0.820. The van der Waals surface area contributed by atoms with Crippen molar-refractivity contribution in [1.29, 1.82) is 0 Å². The SMILES string of the molecule is CC(C)c1ccc([C@H]2CC[C@H](N)CC2)cc1. The standard InChI is InChI=1S/C15H23N/c1-11(2)12-3-5-13(6-4-12)14-7-9-15(16)10-8-14/h3-6,11,14-15H,7-10,16H2,1-2H3/t14-,15-. The zero-order chi connectivity index (χ0) is 11.5. The fourth-order valence-corrected chi connectivity index (χ4v) is 2.61. The highest BCUT2D eigenvalue weighted by atomic mass is 14.6. The number of benzene rings is 1. The first-order valence-electron chi connectivity index (χ1n) is 6.52. The van der Waals surface area contributed by atoms with Crippen LogP contribution in [0.2, 0.25) is 0 Å². The average Bonchev–Trinajstić information content (AvgIpc) is 2.30. The van der Waals surface area contributed by atoms with Crippen molar-refractivity contribution < 1.29 is 0 Å². The van der Waals surface area contributed by atoms with E-state index < -0.39 is 0 Å². The molecule has 0 aromatic heterocycles. The van der Waals surface area contributed by atoms with E-state index in [-0.39, 0.29) is 0 Å². The van der Waals surface area contributed by atoms with Gasteiger partial charge >= 0.3 is 0 Å². The molecule has 0 saturated heterocycles. The molecule has 88 valence electrons. The number of hydrogen-bond acceptors (Lipinski definition) is 1. The molecule has 2 N–H and O–H groups in total. The highest BCUT2D eigenvalue weighted by Crippen LogP contribution is 2.32. The molecular weight excluding hydrogens is 194 g/mol. The van der Waals surface area contributed by atoms with Crippen molar-refractivity contribution in [3.8, 4) is 0 Å². The highest BCUT2D eigenvalue weighted by Gasteiger charge is 2.19. The second-order valence-corrected chi connectivity index (χ2v) is 5.43. The van der Waals surface area contributed by atoms with Crippen LogP contribution in [0.4, 0.5) is 0 Å². The van der Waals surface area contributed by atoms with Gasteiger partial charge in [0.15, 0.2) is 0 Å². The van der Waals surface area contributed by atoms with E-state index in [1.165, 1.54) is 36.8 Å². The number of nitrogens with two attached hydrogens (primary N) is 1. The van der Waals surface area contributed by atoms with Crippen molar-refractivity contribution >= 4 is 0 Å². The van der Waals surface area contributed by atoms with E-state index in [0.29, 0.717) is 12.0 Å². The van der Waals surface area contributed by atoms with Crippen molar-refractivity contribution in [2.75, 3.05) is 0 Å². The summed E-state index contributed by atoms with van der Waals surface area (Å²) in [5.74, 6) is 1.38. The topological polar surface area (TPSA) is 26.0 Å². The Morgan fingerprint density at radius 2 is 1.56 bits per heavy atom. The van der Waals surface area contributed by atoms with E-state index in [1.54, 1.807) is 0 Å². The lowest BCUT2D eigenvalue weighted by Gasteiger charge is -2.26. The van der Waals surface area contributed by atoms with Crippen molar-refractivity contribution in [3.05, 3.63) is 35.4 Å². The molecule has 0 amide bonds. The van der Waals surface area contributed by atoms with Crippen LogP contribution < -0.4 is 5.73 Å². The van der Waals surface area contributed by atoms with Gasteiger partial charge in [0, 0.05) is 6.04 Å². The van der Waals surface area contributed by atoms with Crippen molar-refractivity contribution in [2.45, 2.75) is 57.4 Å². The van der Waals surface area contributed by atoms with Crippen LogP contribution in [-0.4, -0.2) is 6.04 Å². The summed E-state index contributed by atoms with van der Waals surface area (Å²) < 4.78 is 0. The summed E-state index contributed by atoms with van der Waals surface area (Å²) in [6.45, 7) is 4.49. The van der Waals surface area contributed by atoms with Gasteiger partial charge in [0.2, 0.25) is 0 Å². The molecular formula is C15H23N. The summed E-state index contributed by atoms with van der Waals surface area (Å²) in [7, 11) is 0. The maximum Gasteiger partial charge on any atom is 0.00392 e. The lowest BCUT2D eigenvalue weighted by molar-refractivity contribution is 0.395. The molecule has 1 aromatic rings. The molecule has 0 unspecified atom stereocenters. The molecule has 0 bridgehead atoms. The maximum absolute atomic E-state index is 5.94. The summed E-state index contributed by atoms with van der Waals surface area (Å²) in [4.78, 5) is 0. The second-order valence-electron chi connectivity index (χ2n) is 5.43. The number of rotatable bonds is 2. The fourth-order valence-electron chi connectivity index (χ4n) is 2.61. The molecule has 0 heterocycles. The van der Waals surface area contributed by atoms with Crippen LogP contribution >= 0.6 is 0 Å². The predicted molar refractivity (Wildman–Crippen MR) is 69.7 cm³/mol. The summed E-state index contributed by atoms with van der Waals surface area (Å²) >= 11 is 0. The van der Waals surface area contributed by atoms with Gasteiger partial charge in [-0.15, -0.1) is 0 Å². The number of hydrogen-bond donors (Lipinski definition) is 1. The summed E-state index contributed by atoms with van der Waals surface area (Å²) in [6.07, 6.45) is 4.91. The van der Waals surface area contributed by atoms with Crippen LogP contribution in [0, 0.1) is 0 Å². The molecule has 1 aliphatic rings. The Morgan fingerprint density at radius 3 is 2.06 bits per heavy atom. The molecule has 2 rings (SSSR count). The van der Waals surface area contributed by atoms with Crippen LogP contribution in [0.15, 0.2) is 24.3 Å². The maximum atomic E-state index is 5.94. The van der Waals surface area contributed by atoms with E-state index in [9.17, 15) is 0 Å². The van der Waals surface area contributed by atoms with Gasteiger partial charge in [0.25, 0.3) is 0 Å². The first-order chi connectivity index (χ1) is 7.66. The van der Waals surface area contributed by atoms with Gasteiger partial charge in [-0.25, -0.2) is 0 Å². The van der Waals surface area contributed by atoms with Crippen LogP contribution in [0.25, 0.3) is 0 Å². The first kappa shape index (κ1) is 11.7. The monoisotopic (exact) mass is 217 g/mol. The molecule has 1 aliphatic carbocycles. The molecule has 1 heteroatoms. The zero-order valence-electron chi connectivity index (χ0n) is 10.4. The van der Waals surface area contributed by atoms with E-state index in [2.05, 4.69) is 38.1 Å². The van der Waals surface area contributed by atoms with Gasteiger partial charge in [0.1, 0.15) is 0 Å². The lowest BCUT2D eigenvalue weighted by atomic mass is 9.81. The quantitative estimate of drug-likeness (QED) is 0.801. The summed E-state index contributed by atoms with van der Waals surface area (Å²) in [6, 6.07) is 9.66. The minimum atomic E-state index is 0.450. The molecule has 0 spiro atoms. The second kappa shape index (κ2) is 5.01. The Labute approximate surface area is 99.0 Å². The third kappa shape index (κ3) is 2.65. The molecule has 0 radical (unpaired) electrons. The van der Waals surface area contributed by atoms with E-state index in [1.807, 2.05) is 0 Å². The minimum Gasteiger partial charge on any atom is -0.328 e. The predicted octanol–water partition coefficient (Wildman–Crippen LogP) is 3.79. The molecule has 0 aliphatic heterocycles. The van der Waals surface area contributed by atoms with Gasteiger partial charge < -0.3 is 5.73 Å². The van der Waals surface area contributed by atoms with Crippen LogP contribution in [-0.2, 0) is 0 Å². The van der Waals surface area contributed by atoms with Gasteiger partial charge in [-0.1, -0.05) is 38.1 Å². The van der Waals surface area contributed by atoms with Crippen LogP contribution in [0.5, 0.6) is 0 Å². The van der Waals surface area contributed by atoms with Gasteiger partial charge in [-0.2, -0.15) is 0 Å². The van der Waals surface area contributed by atoms with Crippen LogP contribution in [0.3, 0.4) is 0 Å².